The number of rotatable bonds is 0. The number of nitrogens with one attached hydrogen (secondary N) is 1. The zero-order chi connectivity index (χ0) is 9.42. The number of fused-ring (bicyclic) bond motifs is 1. The van der Waals surface area contributed by atoms with Gasteiger partial charge in [-0.3, -0.25) is 9.20 Å². The van der Waals surface area contributed by atoms with E-state index in [1.807, 2.05) is 0 Å². The maximum atomic E-state index is 11.2. The van der Waals surface area contributed by atoms with E-state index in [4.69, 9.17) is 0 Å². The molecule has 0 fully saturated rings. The third-order valence-electron chi connectivity index (χ3n) is 1.79. The van der Waals surface area contributed by atoms with Crippen LogP contribution in [0.3, 0.4) is 0 Å². The van der Waals surface area contributed by atoms with E-state index in [0.717, 1.165) is 0 Å². The molecule has 2 rings (SSSR count). The monoisotopic (exact) mass is 177 g/mol. The van der Waals surface area contributed by atoms with E-state index in [2.05, 4.69) is 9.97 Å². The summed E-state index contributed by atoms with van der Waals surface area (Å²) in [6.45, 7) is 1.69. The van der Waals surface area contributed by atoms with Crippen LogP contribution in [0.2, 0.25) is 0 Å². The van der Waals surface area contributed by atoms with E-state index >= 15 is 0 Å². The summed E-state index contributed by atoms with van der Waals surface area (Å²) in [5.74, 6) is 0. The molecule has 2 aromatic rings. The van der Waals surface area contributed by atoms with Crippen molar-refractivity contribution in [2.75, 3.05) is 0 Å². The molecule has 0 aliphatic rings. The van der Waals surface area contributed by atoms with Crippen LogP contribution in [0.15, 0.2) is 27.9 Å². The van der Waals surface area contributed by atoms with Gasteiger partial charge in [-0.15, -0.1) is 0 Å². The van der Waals surface area contributed by atoms with E-state index in [1.165, 1.54) is 16.7 Å². The molecule has 0 saturated heterocycles. The second-order valence-corrected chi connectivity index (χ2v) is 2.72. The van der Waals surface area contributed by atoms with Crippen LogP contribution in [0.25, 0.3) is 5.65 Å². The van der Waals surface area contributed by atoms with Gasteiger partial charge in [0.2, 0.25) is 0 Å². The highest BCUT2D eigenvalue weighted by molar-refractivity contribution is 5.36. The smallest absolute Gasteiger partial charge is 0.308 e. The largest absolute Gasteiger partial charge is 0.353 e. The van der Waals surface area contributed by atoms with Gasteiger partial charge in [0.15, 0.2) is 0 Å². The Morgan fingerprint density at radius 2 is 2.23 bits per heavy atom. The van der Waals surface area contributed by atoms with Gasteiger partial charge >= 0.3 is 5.69 Å². The summed E-state index contributed by atoms with van der Waals surface area (Å²) < 4.78 is 1.35. The van der Waals surface area contributed by atoms with E-state index in [-0.39, 0.29) is 11.2 Å². The van der Waals surface area contributed by atoms with Gasteiger partial charge in [0, 0.05) is 18.0 Å². The molecule has 0 spiro atoms. The fourth-order valence-corrected chi connectivity index (χ4v) is 1.26. The second-order valence-electron chi connectivity index (χ2n) is 2.72. The summed E-state index contributed by atoms with van der Waals surface area (Å²) in [6.07, 6.45) is 1.37. The summed E-state index contributed by atoms with van der Waals surface area (Å²) >= 11 is 0. The summed E-state index contributed by atoms with van der Waals surface area (Å²) in [6, 6.07) is 2.94. The maximum Gasteiger partial charge on any atom is 0.353 e. The molecule has 0 saturated carbocycles. The van der Waals surface area contributed by atoms with Crippen LogP contribution in [-0.4, -0.2) is 14.4 Å². The molecule has 66 valence electrons. The first-order valence-corrected chi connectivity index (χ1v) is 3.76. The highest BCUT2D eigenvalue weighted by atomic mass is 16.1. The van der Waals surface area contributed by atoms with Gasteiger partial charge < -0.3 is 4.98 Å². The first kappa shape index (κ1) is 7.72. The molecule has 0 aromatic carbocycles. The summed E-state index contributed by atoms with van der Waals surface area (Å²) in [5.41, 5.74) is 0.441. The van der Waals surface area contributed by atoms with Crippen molar-refractivity contribution < 1.29 is 0 Å². The SMILES string of the molecule is Cc1cc(=O)[nH]c2ccnc(=O)n12. The normalized spacial score (nSPS) is 10.5. The fourth-order valence-electron chi connectivity index (χ4n) is 1.26. The zero-order valence-electron chi connectivity index (χ0n) is 6.94. The second kappa shape index (κ2) is 2.55. The fraction of sp³-hybridized carbons (Fsp3) is 0.125. The van der Waals surface area contributed by atoms with Gasteiger partial charge in [0.25, 0.3) is 5.56 Å². The average Bonchev–Trinajstić information content (AvgIpc) is 2.02. The topological polar surface area (TPSA) is 67.2 Å². The van der Waals surface area contributed by atoms with E-state index in [9.17, 15) is 9.59 Å². The first-order valence-electron chi connectivity index (χ1n) is 3.76. The van der Waals surface area contributed by atoms with E-state index < -0.39 is 0 Å². The van der Waals surface area contributed by atoms with Crippen molar-refractivity contribution in [1.29, 1.82) is 0 Å². The molecule has 1 N–H and O–H groups in total. The van der Waals surface area contributed by atoms with Gasteiger partial charge in [-0.1, -0.05) is 0 Å². The Hall–Kier alpha value is -1.91. The van der Waals surface area contributed by atoms with Gasteiger partial charge in [-0.2, -0.15) is 0 Å². The van der Waals surface area contributed by atoms with E-state index in [1.54, 1.807) is 13.0 Å². The molecule has 5 nitrogen and oxygen atoms in total. The summed E-state index contributed by atoms with van der Waals surface area (Å²) in [4.78, 5) is 28.4. The van der Waals surface area contributed by atoms with Crippen LogP contribution in [0.4, 0.5) is 0 Å². The standard InChI is InChI=1S/C8H7N3O2/c1-5-4-7(12)10-6-2-3-9-8(13)11(5)6/h2-4H,1H3,(H,10,12). The number of hydrogen-bond acceptors (Lipinski definition) is 3. The lowest BCUT2D eigenvalue weighted by Gasteiger charge is -2.00. The number of nitrogens with zero attached hydrogens (tertiary/aromatic N) is 2. The van der Waals surface area contributed by atoms with Gasteiger partial charge in [-0.25, -0.2) is 9.78 Å². The zero-order valence-corrected chi connectivity index (χ0v) is 6.94. The van der Waals surface area contributed by atoms with Crippen molar-refractivity contribution in [3.8, 4) is 0 Å². The highest BCUT2D eigenvalue weighted by Crippen LogP contribution is 1.94. The molecule has 0 unspecified atom stereocenters. The minimum absolute atomic E-state index is 0.219. The van der Waals surface area contributed by atoms with Crippen molar-refractivity contribution in [2.24, 2.45) is 0 Å². The highest BCUT2D eigenvalue weighted by Gasteiger charge is 1.99. The van der Waals surface area contributed by atoms with Crippen LogP contribution in [0.1, 0.15) is 5.69 Å². The number of aryl methyl sites for hydroxylation is 1. The number of H-pyrrole nitrogens is 1. The Labute approximate surface area is 72.7 Å². The Kier molecular flexibility index (Phi) is 1.51. The van der Waals surface area contributed by atoms with Crippen molar-refractivity contribution in [3.05, 3.63) is 44.9 Å². The van der Waals surface area contributed by atoms with Crippen LogP contribution < -0.4 is 11.2 Å². The molecular formula is C8H7N3O2. The van der Waals surface area contributed by atoms with Crippen LogP contribution in [0.5, 0.6) is 0 Å². The third-order valence-corrected chi connectivity index (χ3v) is 1.79. The van der Waals surface area contributed by atoms with Crippen LogP contribution >= 0.6 is 0 Å². The first-order chi connectivity index (χ1) is 6.18. The van der Waals surface area contributed by atoms with Crippen molar-refractivity contribution >= 4 is 5.65 Å². The molecule has 0 aliphatic carbocycles. The lowest BCUT2D eigenvalue weighted by atomic mass is 10.4. The Morgan fingerprint density at radius 1 is 1.46 bits per heavy atom. The predicted octanol–water partition coefficient (Wildman–Crippen LogP) is -0.309. The molecule has 0 radical (unpaired) electrons. The molecule has 0 amide bonds. The Balaban J connectivity index is 3.12. The molecule has 2 aromatic heterocycles. The molecular weight excluding hydrogens is 170 g/mol. The molecule has 13 heavy (non-hydrogen) atoms. The van der Waals surface area contributed by atoms with Crippen molar-refractivity contribution in [1.82, 2.24) is 14.4 Å². The molecule has 0 bridgehead atoms. The third kappa shape index (κ3) is 1.14. The van der Waals surface area contributed by atoms with Crippen LogP contribution in [0, 0.1) is 6.92 Å². The molecule has 2 heterocycles. The van der Waals surface area contributed by atoms with Crippen LogP contribution in [-0.2, 0) is 0 Å². The van der Waals surface area contributed by atoms with Gasteiger partial charge in [-0.05, 0) is 13.0 Å². The summed E-state index contributed by atoms with van der Waals surface area (Å²) in [7, 11) is 0. The maximum absolute atomic E-state index is 11.2. The quantitative estimate of drug-likeness (QED) is 0.600. The predicted molar refractivity (Wildman–Crippen MR) is 46.8 cm³/mol. The van der Waals surface area contributed by atoms with Gasteiger partial charge in [0.1, 0.15) is 5.65 Å². The lowest BCUT2D eigenvalue weighted by Crippen LogP contribution is -2.22. The Morgan fingerprint density at radius 3 is 3.00 bits per heavy atom. The summed E-state index contributed by atoms with van der Waals surface area (Å²) in [5, 5.41) is 0. The van der Waals surface area contributed by atoms with Crippen molar-refractivity contribution in [2.45, 2.75) is 6.92 Å². The van der Waals surface area contributed by atoms with Crippen molar-refractivity contribution in [3.63, 3.8) is 0 Å². The average molecular weight is 177 g/mol. The molecule has 5 heteroatoms. The molecule has 0 atom stereocenters. The number of hydrogen-bond donors (Lipinski definition) is 1. The number of aromatic amines is 1. The number of aromatic nitrogens is 3. The lowest BCUT2D eigenvalue weighted by molar-refractivity contribution is 0.916. The Bertz CT molecular complexity index is 567. The minimum atomic E-state index is -0.383. The minimum Gasteiger partial charge on any atom is -0.308 e. The van der Waals surface area contributed by atoms with E-state index in [0.29, 0.717) is 11.3 Å². The van der Waals surface area contributed by atoms with Gasteiger partial charge in [0.05, 0.1) is 0 Å². The molecule has 0 aliphatic heterocycles.